The Morgan fingerprint density at radius 2 is 1.72 bits per heavy atom. The van der Waals surface area contributed by atoms with Crippen LogP contribution in [0.5, 0.6) is 11.5 Å². The lowest BCUT2D eigenvalue weighted by Crippen LogP contribution is -2.51. The fraction of sp³-hybridized carbons (Fsp3) is 0.435. The van der Waals surface area contributed by atoms with Crippen LogP contribution in [0.3, 0.4) is 0 Å². The molecule has 0 bridgehead atoms. The highest BCUT2D eigenvalue weighted by molar-refractivity contribution is 5.74. The molecule has 3 rings (SSSR count). The Labute approximate surface area is 173 Å². The molecule has 6 nitrogen and oxygen atoms in total. The Morgan fingerprint density at radius 3 is 2.41 bits per heavy atom. The highest BCUT2D eigenvalue weighted by atomic mass is 16.5. The molecule has 0 radical (unpaired) electrons. The van der Waals surface area contributed by atoms with Gasteiger partial charge in [0, 0.05) is 39.3 Å². The third kappa shape index (κ3) is 5.64. The van der Waals surface area contributed by atoms with Crippen molar-refractivity contribution in [1.29, 1.82) is 0 Å². The van der Waals surface area contributed by atoms with E-state index < -0.39 is 0 Å². The molecule has 2 aromatic rings. The van der Waals surface area contributed by atoms with Crippen LogP contribution in [0.2, 0.25) is 0 Å². The molecule has 0 saturated carbocycles. The van der Waals surface area contributed by atoms with Crippen LogP contribution < -0.4 is 14.8 Å². The van der Waals surface area contributed by atoms with E-state index in [2.05, 4.69) is 35.3 Å². The molecule has 0 atom stereocenters. The molecule has 1 N–H and O–H groups in total. The van der Waals surface area contributed by atoms with Crippen LogP contribution in [-0.2, 0) is 13.0 Å². The van der Waals surface area contributed by atoms with Crippen molar-refractivity contribution in [3.63, 3.8) is 0 Å². The van der Waals surface area contributed by atoms with Crippen LogP contribution in [0.4, 0.5) is 4.79 Å². The summed E-state index contributed by atoms with van der Waals surface area (Å²) in [4.78, 5) is 16.8. The number of carbonyl (C=O) groups excluding carboxylic acids is 1. The van der Waals surface area contributed by atoms with Crippen LogP contribution in [-0.4, -0.2) is 62.8 Å². The molecule has 156 valence electrons. The zero-order valence-electron chi connectivity index (χ0n) is 17.6. The Balaban J connectivity index is 1.42. The van der Waals surface area contributed by atoms with E-state index in [1.165, 1.54) is 11.1 Å². The van der Waals surface area contributed by atoms with E-state index in [0.717, 1.165) is 56.2 Å². The third-order valence-electron chi connectivity index (χ3n) is 5.52. The monoisotopic (exact) mass is 397 g/mol. The minimum Gasteiger partial charge on any atom is -0.493 e. The predicted molar refractivity (Wildman–Crippen MR) is 115 cm³/mol. The standard InChI is InChI=1S/C23H31N3O3/c1-18-6-4-5-7-20(18)17-24-23(27)26-14-12-25(13-15-26)11-10-19-8-9-21(28-2)22(16-19)29-3/h4-9,16H,10-15,17H2,1-3H3,(H,24,27). The van der Waals surface area contributed by atoms with E-state index in [4.69, 9.17) is 9.47 Å². The second-order valence-electron chi connectivity index (χ2n) is 7.35. The zero-order valence-corrected chi connectivity index (χ0v) is 17.6. The molecule has 1 heterocycles. The molecule has 1 aliphatic heterocycles. The van der Waals surface area contributed by atoms with Gasteiger partial charge in [0.1, 0.15) is 0 Å². The molecule has 0 unspecified atom stereocenters. The second-order valence-corrected chi connectivity index (χ2v) is 7.35. The van der Waals surface area contributed by atoms with E-state index in [1.807, 2.05) is 29.2 Å². The van der Waals surface area contributed by atoms with Crippen LogP contribution in [0.1, 0.15) is 16.7 Å². The van der Waals surface area contributed by atoms with Gasteiger partial charge < -0.3 is 19.7 Å². The van der Waals surface area contributed by atoms with Crippen LogP contribution in [0, 0.1) is 6.92 Å². The van der Waals surface area contributed by atoms with Gasteiger partial charge in [-0.15, -0.1) is 0 Å². The van der Waals surface area contributed by atoms with Crippen LogP contribution >= 0.6 is 0 Å². The van der Waals surface area contributed by atoms with Crippen molar-refractivity contribution in [3.05, 3.63) is 59.2 Å². The van der Waals surface area contributed by atoms with E-state index in [0.29, 0.717) is 6.54 Å². The summed E-state index contributed by atoms with van der Waals surface area (Å²) >= 11 is 0. The minimum atomic E-state index is 0.0211. The molecule has 1 saturated heterocycles. The zero-order chi connectivity index (χ0) is 20.6. The number of benzene rings is 2. The van der Waals surface area contributed by atoms with Gasteiger partial charge >= 0.3 is 6.03 Å². The first-order valence-corrected chi connectivity index (χ1v) is 10.1. The first-order chi connectivity index (χ1) is 14.1. The smallest absolute Gasteiger partial charge is 0.317 e. The topological polar surface area (TPSA) is 54.0 Å². The Hall–Kier alpha value is -2.73. The number of nitrogens with zero attached hydrogens (tertiary/aromatic N) is 2. The minimum absolute atomic E-state index is 0.0211. The van der Waals surface area contributed by atoms with Crippen molar-refractivity contribution in [2.24, 2.45) is 0 Å². The van der Waals surface area contributed by atoms with Crippen LogP contribution in [0.15, 0.2) is 42.5 Å². The van der Waals surface area contributed by atoms with Gasteiger partial charge in [0.2, 0.25) is 0 Å². The summed E-state index contributed by atoms with van der Waals surface area (Å²) in [5, 5.41) is 3.05. The lowest BCUT2D eigenvalue weighted by atomic mass is 10.1. The number of rotatable bonds is 7. The summed E-state index contributed by atoms with van der Waals surface area (Å²) in [6, 6.07) is 14.2. The number of piperazine rings is 1. The van der Waals surface area contributed by atoms with Gasteiger partial charge in [-0.1, -0.05) is 30.3 Å². The maximum absolute atomic E-state index is 12.5. The van der Waals surface area contributed by atoms with Gasteiger partial charge in [-0.2, -0.15) is 0 Å². The Bertz CT molecular complexity index is 817. The number of carbonyl (C=O) groups is 1. The van der Waals surface area contributed by atoms with Gasteiger partial charge in [-0.25, -0.2) is 4.79 Å². The molecule has 2 amide bonds. The number of hydrogen-bond acceptors (Lipinski definition) is 4. The SMILES string of the molecule is COc1ccc(CCN2CCN(C(=O)NCc3ccccc3C)CC2)cc1OC. The van der Waals surface area contributed by atoms with Gasteiger partial charge in [0.25, 0.3) is 0 Å². The van der Waals surface area contributed by atoms with Gasteiger partial charge in [0.05, 0.1) is 14.2 Å². The molecule has 29 heavy (non-hydrogen) atoms. The van der Waals surface area contributed by atoms with Crippen molar-refractivity contribution in [3.8, 4) is 11.5 Å². The fourth-order valence-electron chi connectivity index (χ4n) is 3.59. The number of aryl methyl sites for hydroxylation is 1. The molecule has 2 aromatic carbocycles. The van der Waals surface area contributed by atoms with Crippen molar-refractivity contribution < 1.29 is 14.3 Å². The number of hydrogen-bond donors (Lipinski definition) is 1. The normalized spacial score (nSPS) is 14.5. The molecule has 6 heteroatoms. The second kappa shape index (κ2) is 10.2. The first kappa shape index (κ1) is 21.0. The van der Waals surface area contributed by atoms with E-state index >= 15 is 0 Å². The summed E-state index contributed by atoms with van der Waals surface area (Å²) in [5.41, 5.74) is 3.59. The Morgan fingerprint density at radius 1 is 1.00 bits per heavy atom. The average molecular weight is 398 g/mol. The predicted octanol–water partition coefficient (Wildman–Crippen LogP) is 3.08. The van der Waals surface area contributed by atoms with Gasteiger partial charge in [-0.05, 0) is 42.2 Å². The number of urea groups is 1. The van der Waals surface area contributed by atoms with Gasteiger partial charge in [0.15, 0.2) is 11.5 Å². The highest BCUT2D eigenvalue weighted by Crippen LogP contribution is 2.27. The maximum Gasteiger partial charge on any atom is 0.317 e. The molecular formula is C23H31N3O3. The fourth-order valence-corrected chi connectivity index (χ4v) is 3.59. The quantitative estimate of drug-likeness (QED) is 0.780. The molecule has 0 aliphatic carbocycles. The molecule has 0 spiro atoms. The summed E-state index contributed by atoms with van der Waals surface area (Å²) in [6.07, 6.45) is 0.944. The molecular weight excluding hydrogens is 366 g/mol. The van der Waals surface area contributed by atoms with E-state index in [-0.39, 0.29) is 6.03 Å². The summed E-state index contributed by atoms with van der Waals surface area (Å²) < 4.78 is 10.7. The van der Waals surface area contributed by atoms with Crippen LogP contribution in [0.25, 0.3) is 0 Å². The van der Waals surface area contributed by atoms with Crippen molar-refractivity contribution in [1.82, 2.24) is 15.1 Å². The summed E-state index contributed by atoms with van der Waals surface area (Å²) in [7, 11) is 3.30. The molecule has 0 aromatic heterocycles. The van der Waals surface area contributed by atoms with E-state index in [1.54, 1.807) is 14.2 Å². The van der Waals surface area contributed by atoms with Gasteiger partial charge in [-0.3, -0.25) is 4.90 Å². The number of nitrogens with one attached hydrogen (secondary N) is 1. The van der Waals surface area contributed by atoms with Crippen molar-refractivity contribution >= 4 is 6.03 Å². The number of amides is 2. The molecule has 1 aliphatic rings. The van der Waals surface area contributed by atoms with Crippen molar-refractivity contribution in [2.75, 3.05) is 46.9 Å². The number of ether oxygens (including phenoxy) is 2. The summed E-state index contributed by atoms with van der Waals surface area (Å²) in [5.74, 6) is 1.52. The lowest BCUT2D eigenvalue weighted by molar-refractivity contribution is 0.140. The third-order valence-corrected chi connectivity index (χ3v) is 5.52. The van der Waals surface area contributed by atoms with E-state index in [9.17, 15) is 4.79 Å². The van der Waals surface area contributed by atoms with Crippen molar-refractivity contribution in [2.45, 2.75) is 19.9 Å². The summed E-state index contributed by atoms with van der Waals surface area (Å²) in [6.45, 7) is 6.91. The maximum atomic E-state index is 12.5. The largest absolute Gasteiger partial charge is 0.493 e. The average Bonchev–Trinajstić information content (AvgIpc) is 2.77. The first-order valence-electron chi connectivity index (χ1n) is 10.1. The molecule has 1 fully saturated rings. The lowest BCUT2D eigenvalue weighted by Gasteiger charge is -2.34. The highest BCUT2D eigenvalue weighted by Gasteiger charge is 2.20. The number of methoxy groups -OCH3 is 2. The Kier molecular flexibility index (Phi) is 7.36.